The monoisotopic (exact) mass is 386 g/mol. The molecule has 2 saturated heterocycles. The second-order valence-corrected chi connectivity index (χ2v) is 9.42. The second kappa shape index (κ2) is 7.32. The standard InChI is InChI=1S/C16H22N2O5S2/c19-25(20,18-5-8-21-9-6-18)17-4-3-16(24-10-7-17)13-1-2-14-15(11-13)23-12-22-14/h1-2,11,16H,3-10,12H2. The maximum Gasteiger partial charge on any atom is 0.282 e. The van der Waals surface area contributed by atoms with E-state index in [1.54, 1.807) is 20.4 Å². The summed E-state index contributed by atoms with van der Waals surface area (Å²) in [4.78, 5) is 0. The summed E-state index contributed by atoms with van der Waals surface area (Å²) in [6.07, 6.45) is 0.786. The molecule has 25 heavy (non-hydrogen) atoms. The molecule has 3 aliphatic heterocycles. The molecule has 0 aromatic heterocycles. The van der Waals surface area contributed by atoms with E-state index in [-0.39, 0.29) is 12.0 Å². The molecule has 0 amide bonds. The van der Waals surface area contributed by atoms with Gasteiger partial charge in [-0.1, -0.05) is 6.07 Å². The van der Waals surface area contributed by atoms with E-state index in [1.807, 2.05) is 12.1 Å². The number of hydrogen-bond donors (Lipinski definition) is 0. The van der Waals surface area contributed by atoms with Crippen LogP contribution < -0.4 is 9.47 Å². The average Bonchev–Trinajstić information content (AvgIpc) is 2.96. The maximum atomic E-state index is 12.8. The van der Waals surface area contributed by atoms with Gasteiger partial charge in [-0.15, -0.1) is 0 Å². The number of ether oxygens (including phenoxy) is 3. The Balaban J connectivity index is 1.45. The molecule has 1 aromatic carbocycles. The zero-order valence-corrected chi connectivity index (χ0v) is 15.6. The number of fused-ring (bicyclic) bond motifs is 1. The summed E-state index contributed by atoms with van der Waals surface area (Å²) in [7, 11) is -3.39. The highest BCUT2D eigenvalue weighted by molar-refractivity contribution is 7.99. The highest BCUT2D eigenvalue weighted by atomic mass is 32.2. The number of thioether (sulfide) groups is 1. The van der Waals surface area contributed by atoms with Crippen LogP contribution in [0.5, 0.6) is 11.5 Å². The van der Waals surface area contributed by atoms with Gasteiger partial charge in [-0.3, -0.25) is 0 Å². The number of nitrogens with zero attached hydrogens (tertiary/aromatic N) is 2. The van der Waals surface area contributed by atoms with Gasteiger partial charge in [0.05, 0.1) is 13.2 Å². The van der Waals surface area contributed by atoms with Crippen molar-refractivity contribution in [3.8, 4) is 11.5 Å². The third-order valence-corrected chi connectivity index (χ3v) is 8.06. The van der Waals surface area contributed by atoms with E-state index >= 15 is 0 Å². The van der Waals surface area contributed by atoms with Crippen molar-refractivity contribution in [2.75, 3.05) is 51.9 Å². The van der Waals surface area contributed by atoms with E-state index < -0.39 is 10.2 Å². The zero-order chi connectivity index (χ0) is 17.3. The highest BCUT2D eigenvalue weighted by Gasteiger charge is 2.33. The molecule has 9 heteroatoms. The molecule has 138 valence electrons. The van der Waals surface area contributed by atoms with Gasteiger partial charge in [-0.05, 0) is 24.1 Å². The first-order chi connectivity index (χ1) is 12.1. The highest BCUT2D eigenvalue weighted by Crippen LogP contribution is 2.40. The Morgan fingerprint density at radius 3 is 2.60 bits per heavy atom. The van der Waals surface area contributed by atoms with Gasteiger partial charge >= 0.3 is 0 Å². The summed E-state index contributed by atoms with van der Waals surface area (Å²) < 4.78 is 44.9. The summed E-state index contributed by atoms with van der Waals surface area (Å²) in [6.45, 7) is 3.18. The summed E-state index contributed by atoms with van der Waals surface area (Å²) in [5.41, 5.74) is 1.17. The largest absolute Gasteiger partial charge is 0.454 e. The molecule has 0 N–H and O–H groups in total. The molecule has 1 atom stereocenters. The van der Waals surface area contributed by atoms with Crippen molar-refractivity contribution in [1.29, 1.82) is 0 Å². The van der Waals surface area contributed by atoms with Crippen LogP contribution in [0.2, 0.25) is 0 Å². The van der Waals surface area contributed by atoms with Crippen LogP contribution in [-0.4, -0.2) is 69.0 Å². The summed E-state index contributed by atoms with van der Waals surface area (Å²) in [6, 6.07) is 6.01. The van der Waals surface area contributed by atoms with Gasteiger partial charge in [0, 0.05) is 37.2 Å². The second-order valence-electron chi connectivity index (χ2n) is 6.18. The summed E-state index contributed by atoms with van der Waals surface area (Å²) in [5.74, 6) is 2.34. The number of hydrogen-bond acceptors (Lipinski definition) is 6. The van der Waals surface area contributed by atoms with Gasteiger partial charge in [0.1, 0.15) is 0 Å². The molecular weight excluding hydrogens is 364 g/mol. The molecule has 7 nitrogen and oxygen atoms in total. The smallest absolute Gasteiger partial charge is 0.282 e. The number of morpholine rings is 1. The van der Waals surface area contributed by atoms with Crippen LogP contribution >= 0.6 is 11.8 Å². The van der Waals surface area contributed by atoms with E-state index in [0.717, 1.165) is 23.7 Å². The fourth-order valence-electron chi connectivity index (χ4n) is 3.30. The van der Waals surface area contributed by atoms with Crippen LogP contribution in [0.25, 0.3) is 0 Å². The Bertz CT molecular complexity index is 721. The Kier molecular flexibility index (Phi) is 5.10. The maximum absolute atomic E-state index is 12.8. The molecule has 1 unspecified atom stereocenters. The first-order valence-electron chi connectivity index (χ1n) is 8.49. The van der Waals surface area contributed by atoms with E-state index in [2.05, 4.69) is 6.07 Å². The molecule has 0 bridgehead atoms. The molecule has 4 rings (SSSR count). The molecule has 3 heterocycles. The van der Waals surface area contributed by atoms with Crippen molar-refractivity contribution >= 4 is 22.0 Å². The fourth-order valence-corrected chi connectivity index (χ4v) is 6.23. The van der Waals surface area contributed by atoms with Crippen LogP contribution in [0, 0.1) is 0 Å². The van der Waals surface area contributed by atoms with Crippen LogP contribution in [0.3, 0.4) is 0 Å². The van der Waals surface area contributed by atoms with Crippen molar-refractivity contribution in [2.24, 2.45) is 0 Å². The first kappa shape index (κ1) is 17.4. The van der Waals surface area contributed by atoms with E-state index in [9.17, 15) is 8.42 Å². The van der Waals surface area contributed by atoms with Gasteiger partial charge in [0.25, 0.3) is 10.2 Å². The quantitative estimate of drug-likeness (QED) is 0.784. The topological polar surface area (TPSA) is 68.3 Å². The fraction of sp³-hybridized carbons (Fsp3) is 0.625. The molecule has 0 saturated carbocycles. The normalized spacial score (nSPS) is 25.7. The third-order valence-electron chi connectivity index (χ3n) is 4.69. The van der Waals surface area contributed by atoms with Crippen molar-refractivity contribution in [3.63, 3.8) is 0 Å². The third kappa shape index (κ3) is 3.61. The minimum atomic E-state index is -3.39. The lowest BCUT2D eigenvalue weighted by molar-refractivity contribution is 0.0703. The van der Waals surface area contributed by atoms with Gasteiger partial charge in [0.15, 0.2) is 11.5 Å². The van der Waals surface area contributed by atoms with Crippen LogP contribution in [-0.2, 0) is 14.9 Å². The van der Waals surface area contributed by atoms with Crippen LogP contribution in [0.15, 0.2) is 18.2 Å². The molecule has 2 fully saturated rings. The Labute approximate surface area is 152 Å². The zero-order valence-electron chi connectivity index (χ0n) is 13.9. The lowest BCUT2D eigenvalue weighted by Crippen LogP contribution is -2.49. The Hall–Kier alpha value is -1.00. The minimum absolute atomic E-state index is 0.263. The molecular formula is C16H22N2O5S2. The molecule has 0 radical (unpaired) electrons. The van der Waals surface area contributed by atoms with Gasteiger partial charge in [0.2, 0.25) is 6.79 Å². The Morgan fingerprint density at radius 2 is 1.76 bits per heavy atom. The molecule has 0 spiro atoms. The number of rotatable bonds is 3. The van der Waals surface area contributed by atoms with E-state index in [4.69, 9.17) is 14.2 Å². The SMILES string of the molecule is O=S(=O)(N1CCOCC1)N1CCSC(c2ccc3c(c2)OCO3)CC1. The van der Waals surface area contributed by atoms with Gasteiger partial charge in [-0.25, -0.2) is 0 Å². The van der Waals surface area contributed by atoms with Crippen LogP contribution in [0.1, 0.15) is 17.2 Å². The van der Waals surface area contributed by atoms with Crippen molar-refractivity contribution < 1.29 is 22.6 Å². The van der Waals surface area contributed by atoms with E-state index in [1.165, 1.54) is 5.56 Å². The molecule has 0 aliphatic carbocycles. The van der Waals surface area contributed by atoms with Crippen molar-refractivity contribution in [1.82, 2.24) is 8.61 Å². The minimum Gasteiger partial charge on any atom is -0.454 e. The Morgan fingerprint density at radius 1 is 1.00 bits per heavy atom. The first-order valence-corrected chi connectivity index (χ1v) is 10.9. The summed E-state index contributed by atoms with van der Waals surface area (Å²) in [5, 5.41) is 0.263. The van der Waals surface area contributed by atoms with Crippen molar-refractivity contribution in [3.05, 3.63) is 23.8 Å². The van der Waals surface area contributed by atoms with Crippen LogP contribution in [0.4, 0.5) is 0 Å². The van der Waals surface area contributed by atoms with Crippen molar-refractivity contribution in [2.45, 2.75) is 11.7 Å². The molecule has 3 aliphatic rings. The van der Waals surface area contributed by atoms with E-state index in [0.29, 0.717) is 39.4 Å². The number of benzene rings is 1. The average molecular weight is 386 g/mol. The van der Waals surface area contributed by atoms with Gasteiger partial charge in [-0.2, -0.15) is 28.8 Å². The predicted octanol–water partition coefficient (Wildman–Crippen LogP) is 1.47. The molecule has 1 aromatic rings. The predicted molar refractivity (Wildman–Crippen MR) is 95.3 cm³/mol. The lowest BCUT2D eigenvalue weighted by Gasteiger charge is -2.31. The lowest BCUT2D eigenvalue weighted by atomic mass is 10.1. The summed E-state index contributed by atoms with van der Waals surface area (Å²) >= 11 is 1.80. The van der Waals surface area contributed by atoms with Gasteiger partial charge < -0.3 is 14.2 Å².